The van der Waals surface area contributed by atoms with E-state index in [1.807, 2.05) is 53.3 Å². The molecule has 1 aromatic heterocycles. The lowest BCUT2D eigenvalue weighted by Gasteiger charge is -2.11. The molecule has 0 spiro atoms. The summed E-state index contributed by atoms with van der Waals surface area (Å²) >= 11 is 0. The van der Waals surface area contributed by atoms with Gasteiger partial charge < -0.3 is 9.47 Å². The van der Waals surface area contributed by atoms with Gasteiger partial charge in [-0.25, -0.2) is 0 Å². The maximum absolute atomic E-state index is 5.38. The molecule has 0 saturated carbocycles. The summed E-state index contributed by atoms with van der Waals surface area (Å²) in [7, 11) is 3.28. The minimum absolute atomic E-state index is 0.715. The first-order chi connectivity index (χ1) is 10.8. The van der Waals surface area contributed by atoms with E-state index in [0.717, 1.165) is 23.6 Å². The fraction of sp³-hybridized carbons (Fsp3) is 0.167. The van der Waals surface area contributed by atoms with Gasteiger partial charge in [-0.05, 0) is 29.8 Å². The van der Waals surface area contributed by atoms with E-state index in [4.69, 9.17) is 9.47 Å². The zero-order chi connectivity index (χ0) is 15.4. The molecule has 0 radical (unpaired) electrons. The van der Waals surface area contributed by atoms with Crippen molar-refractivity contribution in [2.75, 3.05) is 14.2 Å². The van der Waals surface area contributed by atoms with Crippen LogP contribution >= 0.6 is 0 Å². The molecule has 4 heteroatoms. The lowest BCUT2D eigenvalue weighted by atomic mass is 10.1. The van der Waals surface area contributed by atoms with Crippen molar-refractivity contribution in [3.05, 3.63) is 66.4 Å². The lowest BCUT2D eigenvalue weighted by Crippen LogP contribution is -2.03. The second-order valence-corrected chi connectivity index (χ2v) is 4.93. The summed E-state index contributed by atoms with van der Waals surface area (Å²) in [6, 6.07) is 18.2. The maximum atomic E-state index is 5.38. The molecule has 0 aliphatic rings. The van der Waals surface area contributed by atoms with Crippen molar-refractivity contribution < 1.29 is 9.47 Å². The highest BCUT2D eigenvalue weighted by molar-refractivity contribution is 5.64. The molecule has 0 fully saturated rings. The Morgan fingerprint density at radius 1 is 0.909 bits per heavy atom. The third kappa shape index (κ3) is 2.81. The van der Waals surface area contributed by atoms with Gasteiger partial charge in [0.1, 0.15) is 0 Å². The minimum atomic E-state index is 0.715. The molecule has 1 heterocycles. The van der Waals surface area contributed by atoms with Crippen LogP contribution in [0.15, 0.2) is 60.8 Å². The zero-order valence-electron chi connectivity index (χ0n) is 12.7. The Hall–Kier alpha value is -2.75. The summed E-state index contributed by atoms with van der Waals surface area (Å²) in [5.41, 5.74) is 3.31. The highest BCUT2D eigenvalue weighted by Crippen LogP contribution is 2.32. The highest BCUT2D eigenvalue weighted by Gasteiger charge is 2.10. The van der Waals surface area contributed by atoms with Crippen molar-refractivity contribution in [2.45, 2.75) is 6.54 Å². The number of hydrogen-bond acceptors (Lipinski definition) is 3. The Morgan fingerprint density at radius 2 is 1.68 bits per heavy atom. The number of benzene rings is 2. The van der Waals surface area contributed by atoms with Crippen LogP contribution in [0.25, 0.3) is 11.3 Å². The topological polar surface area (TPSA) is 36.3 Å². The number of hydrogen-bond donors (Lipinski definition) is 0. The van der Waals surface area contributed by atoms with Gasteiger partial charge in [0.05, 0.1) is 26.5 Å². The molecule has 3 aromatic rings. The second-order valence-electron chi connectivity index (χ2n) is 4.93. The van der Waals surface area contributed by atoms with Gasteiger partial charge in [0.2, 0.25) is 0 Å². The van der Waals surface area contributed by atoms with Crippen molar-refractivity contribution in [2.24, 2.45) is 0 Å². The normalized spacial score (nSPS) is 10.5. The number of ether oxygens (including phenoxy) is 2. The van der Waals surface area contributed by atoms with Crippen LogP contribution in [-0.2, 0) is 6.54 Å². The third-order valence-electron chi connectivity index (χ3n) is 3.57. The van der Waals surface area contributed by atoms with Crippen molar-refractivity contribution in [3.8, 4) is 22.8 Å². The molecule has 0 unspecified atom stereocenters. The predicted molar refractivity (Wildman–Crippen MR) is 86.3 cm³/mol. The van der Waals surface area contributed by atoms with E-state index in [0.29, 0.717) is 5.75 Å². The third-order valence-corrected chi connectivity index (χ3v) is 3.57. The molecule has 4 nitrogen and oxygen atoms in total. The van der Waals surface area contributed by atoms with Crippen LogP contribution in [0, 0.1) is 0 Å². The van der Waals surface area contributed by atoms with Gasteiger partial charge in [-0.15, -0.1) is 0 Å². The zero-order valence-corrected chi connectivity index (χ0v) is 12.7. The summed E-state index contributed by atoms with van der Waals surface area (Å²) in [5, 5.41) is 4.43. The van der Waals surface area contributed by atoms with Crippen LogP contribution in [-0.4, -0.2) is 24.0 Å². The van der Waals surface area contributed by atoms with Gasteiger partial charge in [0, 0.05) is 11.8 Å². The van der Waals surface area contributed by atoms with E-state index in [1.54, 1.807) is 14.2 Å². The number of methoxy groups -OCH3 is 2. The van der Waals surface area contributed by atoms with Crippen molar-refractivity contribution in [1.82, 2.24) is 9.78 Å². The SMILES string of the molecule is COc1ccc(-c2ccnn2Cc2ccccc2)cc1OC. The van der Waals surface area contributed by atoms with Crippen LogP contribution in [0.1, 0.15) is 5.56 Å². The van der Waals surface area contributed by atoms with E-state index in [9.17, 15) is 0 Å². The lowest BCUT2D eigenvalue weighted by molar-refractivity contribution is 0.355. The van der Waals surface area contributed by atoms with Crippen LogP contribution in [0.3, 0.4) is 0 Å². The van der Waals surface area contributed by atoms with Gasteiger partial charge in [0.25, 0.3) is 0 Å². The number of nitrogens with zero attached hydrogens (tertiary/aromatic N) is 2. The predicted octanol–water partition coefficient (Wildman–Crippen LogP) is 3.62. The second kappa shape index (κ2) is 6.35. The van der Waals surface area contributed by atoms with Gasteiger partial charge in [-0.1, -0.05) is 30.3 Å². The molecule has 0 aliphatic carbocycles. The molecule has 0 aliphatic heterocycles. The molecule has 2 aromatic carbocycles. The van der Waals surface area contributed by atoms with Crippen molar-refractivity contribution >= 4 is 0 Å². The van der Waals surface area contributed by atoms with Gasteiger partial charge in [-0.2, -0.15) is 5.10 Å². The van der Waals surface area contributed by atoms with Gasteiger partial charge in [-0.3, -0.25) is 4.68 Å². The van der Waals surface area contributed by atoms with Crippen LogP contribution < -0.4 is 9.47 Å². The van der Waals surface area contributed by atoms with Crippen molar-refractivity contribution in [1.29, 1.82) is 0 Å². The Kier molecular flexibility index (Phi) is 4.10. The monoisotopic (exact) mass is 294 g/mol. The molecule has 0 amide bonds. The highest BCUT2D eigenvalue weighted by atomic mass is 16.5. The molecule has 0 atom stereocenters. The standard InChI is InChI=1S/C18H18N2O2/c1-21-17-9-8-15(12-18(17)22-2)16-10-11-19-20(16)13-14-6-4-3-5-7-14/h3-12H,13H2,1-2H3. The Balaban J connectivity index is 1.95. The molecule has 0 bridgehead atoms. The smallest absolute Gasteiger partial charge is 0.161 e. The quantitative estimate of drug-likeness (QED) is 0.721. The maximum Gasteiger partial charge on any atom is 0.161 e. The molecular formula is C18H18N2O2. The molecule has 0 saturated heterocycles. The van der Waals surface area contributed by atoms with E-state index < -0.39 is 0 Å². The summed E-state index contributed by atoms with van der Waals surface area (Å²) in [6.45, 7) is 0.734. The Morgan fingerprint density at radius 3 is 2.41 bits per heavy atom. The van der Waals surface area contributed by atoms with Crippen LogP contribution in [0.4, 0.5) is 0 Å². The first kappa shape index (κ1) is 14.2. The Bertz CT molecular complexity index is 751. The average molecular weight is 294 g/mol. The molecular weight excluding hydrogens is 276 g/mol. The fourth-order valence-electron chi connectivity index (χ4n) is 2.46. The molecule has 0 N–H and O–H groups in total. The average Bonchev–Trinajstić information content (AvgIpc) is 3.03. The van der Waals surface area contributed by atoms with E-state index in [1.165, 1.54) is 5.56 Å². The molecule has 3 rings (SSSR count). The fourth-order valence-corrected chi connectivity index (χ4v) is 2.46. The largest absolute Gasteiger partial charge is 0.493 e. The van der Waals surface area contributed by atoms with Crippen LogP contribution in [0.2, 0.25) is 0 Å². The summed E-state index contributed by atoms with van der Waals surface area (Å²) in [4.78, 5) is 0. The summed E-state index contributed by atoms with van der Waals surface area (Å²) in [5.74, 6) is 1.44. The van der Waals surface area contributed by atoms with E-state index in [-0.39, 0.29) is 0 Å². The van der Waals surface area contributed by atoms with Crippen molar-refractivity contribution in [3.63, 3.8) is 0 Å². The van der Waals surface area contributed by atoms with Crippen LogP contribution in [0.5, 0.6) is 11.5 Å². The van der Waals surface area contributed by atoms with Gasteiger partial charge >= 0.3 is 0 Å². The Labute approximate surface area is 129 Å². The first-order valence-corrected chi connectivity index (χ1v) is 7.10. The first-order valence-electron chi connectivity index (χ1n) is 7.10. The minimum Gasteiger partial charge on any atom is -0.493 e. The van der Waals surface area contributed by atoms with E-state index in [2.05, 4.69) is 17.2 Å². The summed E-state index contributed by atoms with van der Waals surface area (Å²) in [6.07, 6.45) is 1.81. The number of aromatic nitrogens is 2. The number of rotatable bonds is 5. The van der Waals surface area contributed by atoms with E-state index >= 15 is 0 Å². The molecule has 22 heavy (non-hydrogen) atoms. The molecule has 112 valence electrons. The summed E-state index contributed by atoms with van der Waals surface area (Å²) < 4.78 is 12.6. The van der Waals surface area contributed by atoms with Gasteiger partial charge in [0.15, 0.2) is 11.5 Å².